The summed E-state index contributed by atoms with van der Waals surface area (Å²) in [5, 5.41) is 9.36. The monoisotopic (exact) mass is 228 g/mol. The highest BCUT2D eigenvalue weighted by molar-refractivity contribution is 7.82. The van der Waals surface area contributed by atoms with Crippen LogP contribution in [0.3, 0.4) is 0 Å². The van der Waals surface area contributed by atoms with E-state index in [2.05, 4.69) is 22.8 Å². The molecule has 2 aromatic rings. The highest BCUT2D eigenvalue weighted by atomic mass is 35.5. The average Bonchev–Trinajstić information content (AvgIpc) is 2.53. The van der Waals surface area contributed by atoms with Gasteiger partial charge in [-0.2, -0.15) is 0 Å². The lowest BCUT2D eigenvalue weighted by Crippen LogP contribution is -1.75. The molecule has 0 aliphatic rings. The van der Waals surface area contributed by atoms with Crippen molar-refractivity contribution in [3.05, 3.63) is 29.3 Å². The second-order valence-electron chi connectivity index (χ2n) is 2.40. The molecule has 0 fully saturated rings. The maximum Gasteiger partial charge on any atom is 0.171 e. The molecule has 2 nitrogen and oxygen atoms in total. The van der Waals surface area contributed by atoms with Gasteiger partial charge in [-0.25, -0.2) is 0 Å². The summed E-state index contributed by atoms with van der Waals surface area (Å²) in [4.78, 5) is 0. The molecule has 0 bridgehead atoms. The molecule has 0 saturated heterocycles. The number of nitrogens with zero attached hydrogens (tertiary/aromatic N) is 2. The van der Waals surface area contributed by atoms with Gasteiger partial charge in [0.2, 0.25) is 0 Å². The first-order valence-corrected chi connectivity index (χ1v) is 5.18. The third-order valence-corrected chi connectivity index (χ3v) is 2.90. The molecule has 0 spiro atoms. The Morgan fingerprint density at radius 1 is 1.15 bits per heavy atom. The summed E-state index contributed by atoms with van der Waals surface area (Å²) in [5.41, 5.74) is 1.02. The van der Waals surface area contributed by atoms with Crippen molar-refractivity contribution in [2.24, 2.45) is 0 Å². The van der Waals surface area contributed by atoms with Crippen LogP contribution in [0.4, 0.5) is 0 Å². The highest BCUT2D eigenvalue weighted by Gasteiger charge is 2.03. The van der Waals surface area contributed by atoms with Gasteiger partial charge in [-0.15, -0.1) is 22.8 Å². The summed E-state index contributed by atoms with van der Waals surface area (Å²) >= 11 is 11.3. The summed E-state index contributed by atoms with van der Waals surface area (Å²) in [6, 6.07) is 7.49. The molecule has 1 heterocycles. The quantitative estimate of drug-likeness (QED) is 0.759. The molecule has 0 radical (unpaired) electrons. The number of aromatic nitrogens is 2. The van der Waals surface area contributed by atoms with Gasteiger partial charge in [-0.05, 0) is 12.1 Å². The predicted molar refractivity (Wildman–Crippen MR) is 57.6 cm³/mol. The van der Waals surface area contributed by atoms with E-state index < -0.39 is 0 Å². The minimum Gasteiger partial charge on any atom is -0.137 e. The van der Waals surface area contributed by atoms with E-state index in [1.165, 1.54) is 11.3 Å². The maximum absolute atomic E-state index is 5.76. The normalized spacial score (nSPS) is 10.3. The smallest absolute Gasteiger partial charge is 0.137 e. The van der Waals surface area contributed by atoms with E-state index >= 15 is 0 Å². The largest absolute Gasteiger partial charge is 0.171 e. The van der Waals surface area contributed by atoms with Crippen molar-refractivity contribution in [2.45, 2.75) is 4.34 Å². The summed E-state index contributed by atoms with van der Waals surface area (Å²) in [7, 11) is 0. The molecule has 0 aliphatic heterocycles. The van der Waals surface area contributed by atoms with Gasteiger partial charge in [0.1, 0.15) is 5.01 Å². The second-order valence-corrected chi connectivity index (χ2v) is 4.54. The lowest BCUT2D eigenvalue weighted by molar-refractivity contribution is 1.02. The van der Waals surface area contributed by atoms with Crippen molar-refractivity contribution in [3.63, 3.8) is 0 Å². The fourth-order valence-corrected chi connectivity index (χ4v) is 1.94. The van der Waals surface area contributed by atoms with Crippen LogP contribution in [0, 0.1) is 0 Å². The molecule has 2 rings (SSSR count). The molecule has 0 N–H and O–H groups in total. The third kappa shape index (κ3) is 2.02. The molecule has 66 valence electrons. The van der Waals surface area contributed by atoms with Crippen LogP contribution in [0.25, 0.3) is 10.6 Å². The summed E-state index contributed by atoms with van der Waals surface area (Å²) in [6.07, 6.45) is 0. The fraction of sp³-hybridized carbons (Fsp3) is 0. The minimum absolute atomic E-state index is 0.671. The van der Waals surface area contributed by atoms with Crippen molar-refractivity contribution in [3.8, 4) is 10.6 Å². The Labute approximate surface area is 90.0 Å². The van der Waals surface area contributed by atoms with Crippen LogP contribution in [0.1, 0.15) is 0 Å². The molecule has 5 heteroatoms. The minimum atomic E-state index is 0.671. The van der Waals surface area contributed by atoms with Crippen molar-refractivity contribution >= 4 is 35.6 Å². The van der Waals surface area contributed by atoms with Crippen LogP contribution >= 0.6 is 35.6 Å². The van der Waals surface area contributed by atoms with E-state index in [1.807, 2.05) is 24.3 Å². The Hall–Kier alpha value is -0.580. The van der Waals surface area contributed by atoms with Crippen molar-refractivity contribution in [1.82, 2.24) is 10.2 Å². The van der Waals surface area contributed by atoms with E-state index in [-0.39, 0.29) is 0 Å². The van der Waals surface area contributed by atoms with E-state index in [9.17, 15) is 0 Å². The third-order valence-electron chi connectivity index (χ3n) is 1.51. The molecule has 0 atom stereocenters. The topological polar surface area (TPSA) is 25.8 Å². The number of halogens is 1. The number of thiol groups is 1. The first-order valence-electron chi connectivity index (χ1n) is 3.54. The van der Waals surface area contributed by atoms with Crippen LogP contribution in [0.2, 0.25) is 5.02 Å². The Morgan fingerprint density at radius 3 is 2.38 bits per heavy atom. The van der Waals surface area contributed by atoms with Gasteiger partial charge in [-0.1, -0.05) is 35.1 Å². The molecular weight excluding hydrogens is 224 g/mol. The zero-order valence-electron chi connectivity index (χ0n) is 6.44. The van der Waals surface area contributed by atoms with Crippen LogP contribution < -0.4 is 0 Å². The molecule has 13 heavy (non-hydrogen) atoms. The van der Waals surface area contributed by atoms with E-state index in [0.29, 0.717) is 4.34 Å². The molecule has 0 unspecified atom stereocenters. The first kappa shape index (κ1) is 8.99. The zero-order chi connectivity index (χ0) is 9.26. The fourth-order valence-electron chi connectivity index (χ4n) is 0.925. The molecular formula is C8H5ClN2S2. The maximum atomic E-state index is 5.76. The zero-order valence-corrected chi connectivity index (χ0v) is 8.90. The summed E-state index contributed by atoms with van der Waals surface area (Å²) in [5.74, 6) is 0. The Morgan fingerprint density at radius 2 is 1.85 bits per heavy atom. The van der Waals surface area contributed by atoms with E-state index in [0.717, 1.165) is 15.6 Å². The summed E-state index contributed by atoms with van der Waals surface area (Å²) in [6.45, 7) is 0. The van der Waals surface area contributed by atoms with Gasteiger partial charge >= 0.3 is 0 Å². The molecule has 0 aliphatic carbocycles. The number of hydrogen-bond donors (Lipinski definition) is 1. The van der Waals surface area contributed by atoms with Gasteiger partial charge < -0.3 is 0 Å². The van der Waals surface area contributed by atoms with Gasteiger partial charge in [0.25, 0.3) is 0 Å². The van der Waals surface area contributed by atoms with Crippen LogP contribution in [-0.4, -0.2) is 10.2 Å². The van der Waals surface area contributed by atoms with Gasteiger partial charge in [-0.3, -0.25) is 0 Å². The number of benzene rings is 1. The van der Waals surface area contributed by atoms with Crippen LogP contribution in [-0.2, 0) is 0 Å². The highest BCUT2D eigenvalue weighted by Crippen LogP contribution is 2.25. The van der Waals surface area contributed by atoms with Crippen LogP contribution in [0.15, 0.2) is 28.6 Å². The standard InChI is InChI=1S/C8H5ClN2S2/c9-6-3-1-5(2-4-6)7-10-11-8(12)13-7/h1-4H,(H,11,12). The Bertz CT molecular complexity index is 410. The molecule has 1 aromatic carbocycles. The average molecular weight is 229 g/mol. The van der Waals surface area contributed by atoms with E-state index in [4.69, 9.17) is 11.6 Å². The van der Waals surface area contributed by atoms with Gasteiger partial charge in [0.05, 0.1) is 0 Å². The predicted octanol–water partition coefficient (Wildman–Crippen LogP) is 3.15. The lowest BCUT2D eigenvalue weighted by atomic mass is 10.2. The lowest BCUT2D eigenvalue weighted by Gasteiger charge is -1.93. The first-order chi connectivity index (χ1) is 6.25. The number of rotatable bonds is 1. The molecule has 0 amide bonds. The van der Waals surface area contributed by atoms with Crippen molar-refractivity contribution in [1.29, 1.82) is 0 Å². The van der Waals surface area contributed by atoms with Crippen LogP contribution in [0.5, 0.6) is 0 Å². The summed E-state index contributed by atoms with van der Waals surface area (Å²) < 4.78 is 0.671. The molecule has 1 aromatic heterocycles. The Kier molecular flexibility index (Phi) is 2.53. The van der Waals surface area contributed by atoms with Crippen molar-refractivity contribution < 1.29 is 0 Å². The van der Waals surface area contributed by atoms with E-state index in [1.54, 1.807) is 0 Å². The Balaban J connectivity index is 2.41. The van der Waals surface area contributed by atoms with Crippen molar-refractivity contribution in [2.75, 3.05) is 0 Å². The SMILES string of the molecule is Sc1nnc(-c2ccc(Cl)cc2)s1. The van der Waals surface area contributed by atoms with Gasteiger partial charge in [0, 0.05) is 10.6 Å². The van der Waals surface area contributed by atoms with Gasteiger partial charge in [0.15, 0.2) is 4.34 Å². The number of hydrogen-bond acceptors (Lipinski definition) is 4. The molecule has 0 saturated carbocycles. The second kappa shape index (κ2) is 3.65.